The van der Waals surface area contributed by atoms with Gasteiger partial charge in [0.05, 0.1) is 17.7 Å². The van der Waals surface area contributed by atoms with E-state index in [1.807, 2.05) is 18.2 Å². The third kappa shape index (κ3) is 3.36. The van der Waals surface area contributed by atoms with Crippen LogP contribution >= 0.6 is 11.6 Å². The molecule has 1 heterocycles. The zero-order chi connectivity index (χ0) is 17.1. The maximum Gasteiger partial charge on any atom is 0.339 e. The summed E-state index contributed by atoms with van der Waals surface area (Å²) >= 11 is 6.07. The van der Waals surface area contributed by atoms with Crippen LogP contribution in [0.25, 0.3) is 0 Å². The molecule has 124 valence electrons. The zero-order valence-corrected chi connectivity index (χ0v) is 13.9. The Hall–Kier alpha value is -2.53. The zero-order valence-electron chi connectivity index (χ0n) is 13.2. The van der Waals surface area contributed by atoms with Gasteiger partial charge in [-0.2, -0.15) is 0 Å². The van der Waals surface area contributed by atoms with E-state index in [9.17, 15) is 9.59 Å². The van der Waals surface area contributed by atoms with Gasteiger partial charge in [0.25, 0.3) is 5.91 Å². The fourth-order valence-electron chi connectivity index (χ4n) is 2.67. The van der Waals surface area contributed by atoms with E-state index in [0.29, 0.717) is 11.3 Å². The number of ether oxygens (including phenoxy) is 1. The molecular weight excluding hydrogens is 328 g/mol. The van der Waals surface area contributed by atoms with E-state index in [0.717, 1.165) is 25.1 Å². The van der Waals surface area contributed by atoms with Crippen LogP contribution in [0.5, 0.6) is 0 Å². The molecule has 0 saturated carbocycles. The summed E-state index contributed by atoms with van der Waals surface area (Å²) in [4.78, 5) is 23.9. The molecule has 1 amide bonds. The molecule has 2 aromatic carbocycles. The van der Waals surface area contributed by atoms with Crippen LogP contribution in [0.15, 0.2) is 36.4 Å². The summed E-state index contributed by atoms with van der Waals surface area (Å²) in [6.45, 7) is 0.919. The minimum absolute atomic E-state index is 0.228. The van der Waals surface area contributed by atoms with Crippen molar-refractivity contribution in [2.75, 3.05) is 24.3 Å². The normalized spacial score (nSPS) is 12.8. The Morgan fingerprint density at radius 2 is 2.04 bits per heavy atom. The number of fused-ring (bicyclic) bond motifs is 1. The summed E-state index contributed by atoms with van der Waals surface area (Å²) in [7, 11) is 1.29. The Balaban J connectivity index is 1.77. The molecule has 0 unspecified atom stereocenters. The van der Waals surface area contributed by atoms with Crippen LogP contribution in [0.1, 0.15) is 32.7 Å². The summed E-state index contributed by atoms with van der Waals surface area (Å²) in [5.74, 6) is -0.745. The topological polar surface area (TPSA) is 67.4 Å². The first-order valence-corrected chi connectivity index (χ1v) is 8.02. The minimum atomic E-state index is -0.515. The molecule has 5 nitrogen and oxygen atoms in total. The highest BCUT2D eigenvalue weighted by molar-refractivity contribution is 6.34. The van der Waals surface area contributed by atoms with Crippen molar-refractivity contribution < 1.29 is 14.3 Å². The lowest BCUT2D eigenvalue weighted by Crippen LogP contribution is -2.16. The third-order valence-electron chi connectivity index (χ3n) is 3.94. The van der Waals surface area contributed by atoms with E-state index in [1.165, 1.54) is 24.8 Å². The highest BCUT2D eigenvalue weighted by atomic mass is 35.5. The number of hydrogen-bond acceptors (Lipinski definition) is 4. The average molecular weight is 345 g/mol. The summed E-state index contributed by atoms with van der Waals surface area (Å²) in [5, 5.41) is 6.32. The van der Waals surface area contributed by atoms with Crippen molar-refractivity contribution in [3.63, 3.8) is 0 Å². The Morgan fingerprint density at radius 1 is 1.21 bits per heavy atom. The maximum absolute atomic E-state index is 12.4. The number of methoxy groups -OCH3 is 1. The predicted molar refractivity (Wildman–Crippen MR) is 94.0 cm³/mol. The monoisotopic (exact) mass is 344 g/mol. The standard InChI is InChI=1S/C18H17ClN2O3/c1-24-18(23)14-7-6-13(10-15(14)19)21-17(22)12-5-4-11-3-2-8-20-16(11)9-12/h4-7,9-10,20H,2-3,8H2,1H3,(H,21,22). The van der Waals surface area contributed by atoms with Crippen LogP contribution in [0.2, 0.25) is 5.02 Å². The second kappa shape index (κ2) is 6.93. The first kappa shape index (κ1) is 16.3. The van der Waals surface area contributed by atoms with Gasteiger partial charge in [-0.15, -0.1) is 0 Å². The Bertz CT molecular complexity index is 805. The van der Waals surface area contributed by atoms with Crippen LogP contribution < -0.4 is 10.6 Å². The first-order chi connectivity index (χ1) is 11.6. The lowest BCUT2D eigenvalue weighted by atomic mass is 10.0. The van der Waals surface area contributed by atoms with Crippen molar-refractivity contribution in [3.05, 3.63) is 58.1 Å². The van der Waals surface area contributed by atoms with E-state index in [2.05, 4.69) is 15.4 Å². The number of anilines is 2. The summed E-state index contributed by atoms with van der Waals surface area (Å²) in [5.41, 5.74) is 3.58. The van der Waals surface area contributed by atoms with Gasteiger partial charge in [0.1, 0.15) is 0 Å². The van der Waals surface area contributed by atoms with Gasteiger partial charge in [-0.3, -0.25) is 4.79 Å². The summed E-state index contributed by atoms with van der Waals surface area (Å²) in [6, 6.07) is 10.3. The number of amides is 1. The lowest BCUT2D eigenvalue weighted by Gasteiger charge is -2.18. The molecular formula is C18H17ClN2O3. The van der Waals surface area contributed by atoms with Gasteiger partial charge in [0, 0.05) is 23.5 Å². The van der Waals surface area contributed by atoms with Crippen molar-refractivity contribution in [1.82, 2.24) is 0 Å². The van der Waals surface area contributed by atoms with Gasteiger partial charge in [0.2, 0.25) is 0 Å². The van der Waals surface area contributed by atoms with Crippen LogP contribution in [-0.4, -0.2) is 25.5 Å². The molecule has 1 aliphatic rings. The first-order valence-electron chi connectivity index (χ1n) is 7.64. The van der Waals surface area contributed by atoms with E-state index in [1.54, 1.807) is 6.07 Å². The number of nitrogens with one attached hydrogen (secondary N) is 2. The average Bonchev–Trinajstić information content (AvgIpc) is 2.60. The molecule has 0 fully saturated rings. The Kier molecular flexibility index (Phi) is 4.71. The second-order valence-corrected chi connectivity index (χ2v) is 5.95. The number of carbonyl (C=O) groups is 2. The fourth-order valence-corrected chi connectivity index (χ4v) is 2.93. The second-order valence-electron chi connectivity index (χ2n) is 5.54. The van der Waals surface area contributed by atoms with Gasteiger partial charge < -0.3 is 15.4 Å². The molecule has 2 N–H and O–H groups in total. The molecule has 0 saturated heterocycles. The van der Waals surface area contributed by atoms with Gasteiger partial charge in [-0.25, -0.2) is 4.79 Å². The number of aryl methyl sites for hydroxylation is 1. The van der Waals surface area contributed by atoms with Gasteiger partial charge >= 0.3 is 5.97 Å². The molecule has 0 aromatic heterocycles. The summed E-state index contributed by atoms with van der Waals surface area (Å²) in [6.07, 6.45) is 2.12. The predicted octanol–water partition coefficient (Wildman–Crippen LogP) is 3.74. The van der Waals surface area contributed by atoms with Crippen molar-refractivity contribution in [1.29, 1.82) is 0 Å². The molecule has 2 aromatic rings. The van der Waals surface area contributed by atoms with Crippen molar-refractivity contribution >= 4 is 34.9 Å². The Morgan fingerprint density at radius 3 is 2.79 bits per heavy atom. The maximum atomic E-state index is 12.4. The van der Waals surface area contributed by atoms with Crippen LogP contribution in [0.3, 0.4) is 0 Å². The van der Waals surface area contributed by atoms with Crippen molar-refractivity contribution in [3.8, 4) is 0 Å². The smallest absolute Gasteiger partial charge is 0.339 e. The molecule has 3 rings (SSSR count). The molecule has 0 bridgehead atoms. The quantitative estimate of drug-likeness (QED) is 0.832. The number of carbonyl (C=O) groups excluding carboxylic acids is 2. The number of esters is 1. The van der Waals surface area contributed by atoms with Crippen LogP contribution in [-0.2, 0) is 11.2 Å². The molecule has 0 radical (unpaired) electrons. The largest absolute Gasteiger partial charge is 0.465 e. The van der Waals surface area contributed by atoms with Crippen molar-refractivity contribution in [2.45, 2.75) is 12.8 Å². The van der Waals surface area contributed by atoms with Gasteiger partial charge in [-0.05, 0) is 48.7 Å². The van der Waals surface area contributed by atoms with Crippen LogP contribution in [0.4, 0.5) is 11.4 Å². The van der Waals surface area contributed by atoms with Gasteiger partial charge in [0.15, 0.2) is 0 Å². The molecule has 1 aliphatic heterocycles. The Labute approximate surface area is 145 Å². The number of rotatable bonds is 3. The van der Waals surface area contributed by atoms with Crippen molar-refractivity contribution in [2.24, 2.45) is 0 Å². The highest BCUT2D eigenvalue weighted by Gasteiger charge is 2.14. The molecule has 6 heteroatoms. The number of hydrogen-bond donors (Lipinski definition) is 2. The van der Waals surface area contributed by atoms with Gasteiger partial charge in [-0.1, -0.05) is 17.7 Å². The molecule has 0 spiro atoms. The number of benzene rings is 2. The molecule has 0 atom stereocenters. The molecule has 0 aliphatic carbocycles. The van der Waals surface area contributed by atoms with E-state index in [4.69, 9.17) is 11.6 Å². The van der Waals surface area contributed by atoms with E-state index in [-0.39, 0.29) is 16.5 Å². The van der Waals surface area contributed by atoms with E-state index >= 15 is 0 Å². The number of halogens is 1. The van der Waals surface area contributed by atoms with Crippen LogP contribution in [0, 0.1) is 0 Å². The SMILES string of the molecule is COC(=O)c1ccc(NC(=O)c2ccc3c(c2)NCCC3)cc1Cl. The summed E-state index contributed by atoms with van der Waals surface area (Å²) < 4.78 is 4.64. The third-order valence-corrected chi connectivity index (χ3v) is 4.26. The van der Waals surface area contributed by atoms with E-state index < -0.39 is 5.97 Å². The fraction of sp³-hybridized carbons (Fsp3) is 0.222. The minimum Gasteiger partial charge on any atom is -0.465 e. The lowest BCUT2D eigenvalue weighted by molar-refractivity contribution is 0.0601. The highest BCUT2D eigenvalue weighted by Crippen LogP contribution is 2.25. The molecule has 24 heavy (non-hydrogen) atoms.